The van der Waals surface area contributed by atoms with Crippen molar-refractivity contribution in [3.63, 3.8) is 0 Å². The summed E-state index contributed by atoms with van der Waals surface area (Å²) in [4.78, 5) is 12.0. The SMILES string of the molecule is C[C@@H]1CCCN1CCc1nc2c(-c3ccccn3)cccc2s1. The summed E-state index contributed by atoms with van der Waals surface area (Å²) in [6.45, 7) is 4.70. The number of hydrogen-bond donors (Lipinski definition) is 0. The predicted molar refractivity (Wildman–Crippen MR) is 96.8 cm³/mol. The first kappa shape index (κ1) is 14.8. The van der Waals surface area contributed by atoms with Crippen LogP contribution in [0.5, 0.6) is 0 Å². The fourth-order valence-corrected chi connectivity index (χ4v) is 4.38. The van der Waals surface area contributed by atoms with Crippen LogP contribution in [0.1, 0.15) is 24.8 Å². The molecule has 3 heterocycles. The largest absolute Gasteiger partial charge is 0.300 e. The summed E-state index contributed by atoms with van der Waals surface area (Å²) in [5.41, 5.74) is 3.24. The third-order valence-corrected chi connectivity index (χ3v) is 5.79. The van der Waals surface area contributed by atoms with Crippen LogP contribution in [0.3, 0.4) is 0 Å². The van der Waals surface area contributed by atoms with Crippen molar-refractivity contribution in [2.75, 3.05) is 13.1 Å². The molecule has 0 amide bonds. The zero-order valence-electron chi connectivity index (χ0n) is 13.4. The second kappa shape index (κ2) is 6.38. The summed E-state index contributed by atoms with van der Waals surface area (Å²) in [6, 6.07) is 13.2. The quantitative estimate of drug-likeness (QED) is 0.713. The second-order valence-corrected chi connectivity index (χ2v) is 7.37. The lowest BCUT2D eigenvalue weighted by Gasteiger charge is -2.19. The molecule has 118 valence electrons. The number of pyridine rings is 1. The van der Waals surface area contributed by atoms with Crippen LogP contribution >= 0.6 is 11.3 Å². The average Bonchev–Trinajstić information content (AvgIpc) is 3.19. The second-order valence-electron chi connectivity index (χ2n) is 6.25. The van der Waals surface area contributed by atoms with Gasteiger partial charge >= 0.3 is 0 Å². The highest BCUT2D eigenvalue weighted by atomic mass is 32.1. The molecule has 4 heteroatoms. The number of rotatable bonds is 4. The van der Waals surface area contributed by atoms with Gasteiger partial charge in [0, 0.05) is 30.8 Å². The van der Waals surface area contributed by atoms with Gasteiger partial charge < -0.3 is 4.90 Å². The molecule has 3 aromatic rings. The number of hydrogen-bond acceptors (Lipinski definition) is 4. The number of aromatic nitrogens is 2. The van der Waals surface area contributed by atoms with Gasteiger partial charge in [-0.3, -0.25) is 4.98 Å². The summed E-state index contributed by atoms with van der Waals surface area (Å²) < 4.78 is 1.26. The lowest BCUT2D eigenvalue weighted by molar-refractivity contribution is 0.272. The van der Waals surface area contributed by atoms with Gasteiger partial charge in [0.15, 0.2) is 0 Å². The number of thiazole rings is 1. The van der Waals surface area contributed by atoms with Gasteiger partial charge in [-0.05, 0) is 44.5 Å². The van der Waals surface area contributed by atoms with E-state index in [9.17, 15) is 0 Å². The molecule has 1 aliphatic rings. The maximum Gasteiger partial charge on any atom is 0.0951 e. The van der Waals surface area contributed by atoms with Crippen LogP contribution in [-0.2, 0) is 6.42 Å². The fourth-order valence-electron chi connectivity index (χ4n) is 3.39. The molecule has 23 heavy (non-hydrogen) atoms. The Balaban J connectivity index is 1.60. The first-order valence-corrected chi connectivity index (χ1v) is 9.17. The molecule has 0 saturated carbocycles. The molecular weight excluding hydrogens is 302 g/mol. The summed E-state index contributed by atoms with van der Waals surface area (Å²) in [5, 5.41) is 1.24. The molecule has 0 bridgehead atoms. The van der Waals surface area contributed by atoms with Crippen LogP contribution in [0, 0.1) is 0 Å². The van der Waals surface area contributed by atoms with E-state index in [1.54, 1.807) is 0 Å². The molecule has 3 nitrogen and oxygen atoms in total. The third-order valence-electron chi connectivity index (χ3n) is 4.71. The molecule has 1 atom stereocenters. The Bertz CT molecular complexity index is 797. The molecule has 0 unspecified atom stereocenters. The van der Waals surface area contributed by atoms with Crippen molar-refractivity contribution in [1.82, 2.24) is 14.9 Å². The Morgan fingerprint density at radius 1 is 1.22 bits per heavy atom. The van der Waals surface area contributed by atoms with Gasteiger partial charge in [-0.2, -0.15) is 0 Å². The maximum absolute atomic E-state index is 4.93. The van der Waals surface area contributed by atoms with Crippen molar-refractivity contribution < 1.29 is 0 Å². The molecule has 1 aromatic carbocycles. The van der Waals surface area contributed by atoms with E-state index in [-0.39, 0.29) is 0 Å². The molecule has 0 N–H and O–H groups in total. The van der Waals surface area contributed by atoms with Crippen LogP contribution < -0.4 is 0 Å². The van der Waals surface area contributed by atoms with E-state index in [0.29, 0.717) is 0 Å². The van der Waals surface area contributed by atoms with Crippen LogP contribution in [0.2, 0.25) is 0 Å². The molecule has 0 spiro atoms. The summed E-state index contributed by atoms with van der Waals surface area (Å²) >= 11 is 1.83. The Labute approximate surface area is 141 Å². The first-order valence-electron chi connectivity index (χ1n) is 8.35. The van der Waals surface area contributed by atoms with E-state index in [0.717, 1.165) is 35.8 Å². The lowest BCUT2D eigenvalue weighted by Crippen LogP contribution is -2.28. The highest BCUT2D eigenvalue weighted by Crippen LogP contribution is 2.31. The maximum atomic E-state index is 4.93. The van der Waals surface area contributed by atoms with E-state index in [1.807, 2.05) is 29.7 Å². The van der Waals surface area contributed by atoms with Crippen LogP contribution in [0.4, 0.5) is 0 Å². The van der Waals surface area contributed by atoms with Gasteiger partial charge in [0.2, 0.25) is 0 Å². The van der Waals surface area contributed by atoms with Crippen molar-refractivity contribution >= 4 is 21.6 Å². The van der Waals surface area contributed by atoms with Crippen molar-refractivity contribution in [3.05, 3.63) is 47.6 Å². The van der Waals surface area contributed by atoms with E-state index < -0.39 is 0 Å². The van der Waals surface area contributed by atoms with Gasteiger partial charge in [0.05, 0.1) is 20.9 Å². The van der Waals surface area contributed by atoms with E-state index in [2.05, 4.69) is 41.1 Å². The molecule has 0 aliphatic carbocycles. The summed E-state index contributed by atoms with van der Waals surface area (Å²) in [7, 11) is 0. The van der Waals surface area contributed by atoms with Crippen LogP contribution in [-0.4, -0.2) is 34.0 Å². The van der Waals surface area contributed by atoms with E-state index in [1.165, 1.54) is 29.1 Å². The standard InChI is InChI=1S/C19H21N3S/c1-14-6-5-12-22(14)13-10-18-21-19-15(7-4-9-17(19)23-18)16-8-2-3-11-20-16/h2-4,7-9,11,14H,5-6,10,12-13H2,1H3/t14-/m1/s1. The van der Waals surface area contributed by atoms with Crippen molar-refractivity contribution in [1.29, 1.82) is 0 Å². The van der Waals surface area contributed by atoms with Crippen LogP contribution in [0.15, 0.2) is 42.6 Å². The van der Waals surface area contributed by atoms with Crippen molar-refractivity contribution in [3.8, 4) is 11.3 Å². The summed E-state index contributed by atoms with van der Waals surface area (Å²) in [5.74, 6) is 0. The molecule has 1 saturated heterocycles. The van der Waals surface area contributed by atoms with Gasteiger partial charge in [-0.15, -0.1) is 11.3 Å². The Hall–Kier alpha value is -1.78. The molecule has 1 aliphatic heterocycles. The molecular formula is C19H21N3S. The highest BCUT2D eigenvalue weighted by Gasteiger charge is 2.20. The van der Waals surface area contributed by atoms with E-state index in [4.69, 9.17) is 4.98 Å². The molecule has 0 radical (unpaired) electrons. The minimum absolute atomic E-state index is 0.730. The predicted octanol–water partition coefficient (Wildman–Crippen LogP) is 4.39. The number of fused-ring (bicyclic) bond motifs is 1. The number of benzene rings is 1. The molecule has 2 aromatic heterocycles. The molecule has 4 rings (SSSR count). The Morgan fingerprint density at radius 2 is 2.17 bits per heavy atom. The zero-order valence-corrected chi connectivity index (χ0v) is 14.2. The Morgan fingerprint density at radius 3 is 2.96 bits per heavy atom. The minimum Gasteiger partial charge on any atom is -0.300 e. The third kappa shape index (κ3) is 3.01. The zero-order chi connectivity index (χ0) is 15.6. The monoisotopic (exact) mass is 323 g/mol. The van der Waals surface area contributed by atoms with Crippen LogP contribution in [0.25, 0.3) is 21.5 Å². The van der Waals surface area contributed by atoms with Gasteiger partial charge in [-0.1, -0.05) is 18.2 Å². The molecule has 1 fully saturated rings. The summed E-state index contributed by atoms with van der Waals surface area (Å²) in [6.07, 6.45) is 5.57. The lowest BCUT2D eigenvalue weighted by atomic mass is 10.1. The van der Waals surface area contributed by atoms with E-state index >= 15 is 0 Å². The van der Waals surface area contributed by atoms with Gasteiger partial charge in [-0.25, -0.2) is 4.98 Å². The first-order chi connectivity index (χ1) is 11.3. The normalized spacial score (nSPS) is 18.7. The average molecular weight is 323 g/mol. The number of nitrogens with zero attached hydrogens (tertiary/aromatic N) is 3. The topological polar surface area (TPSA) is 29.0 Å². The van der Waals surface area contributed by atoms with Gasteiger partial charge in [0.25, 0.3) is 0 Å². The highest BCUT2D eigenvalue weighted by molar-refractivity contribution is 7.18. The van der Waals surface area contributed by atoms with Crippen molar-refractivity contribution in [2.24, 2.45) is 0 Å². The fraction of sp³-hybridized carbons (Fsp3) is 0.368. The minimum atomic E-state index is 0.730. The smallest absolute Gasteiger partial charge is 0.0951 e. The number of para-hydroxylation sites is 1. The number of likely N-dealkylation sites (tertiary alicyclic amines) is 1. The van der Waals surface area contributed by atoms with Gasteiger partial charge in [0.1, 0.15) is 0 Å². The van der Waals surface area contributed by atoms with Crippen molar-refractivity contribution in [2.45, 2.75) is 32.2 Å². The Kier molecular flexibility index (Phi) is 4.10.